The molecule has 0 aliphatic rings. The number of nitrogens with zero attached hydrogens (tertiary/aromatic N) is 5. The van der Waals surface area contributed by atoms with Crippen molar-refractivity contribution < 1.29 is 4.74 Å². The van der Waals surface area contributed by atoms with Gasteiger partial charge in [-0.2, -0.15) is 5.10 Å². The highest BCUT2D eigenvalue weighted by Crippen LogP contribution is 2.44. The first-order valence-electron chi connectivity index (χ1n) is 18.0. The molecular formula is C46H35ClN6O. The summed E-state index contributed by atoms with van der Waals surface area (Å²) >= 11 is 6.34. The fraction of sp³-hybridized carbons (Fsp3) is 0.0870. The highest BCUT2D eigenvalue weighted by Gasteiger charge is 2.41. The van der Waals surface area contributed by atoms with Crippen molar-refractivity contribution in [1.82, 2.24) is 29.7 Å². The summed E-state index contributed by atoms with van der Waals surface area (Å²) in [6, 6.07) is 52.4. The Labute approximate surface area is 317 Å². The summed E-state index contributed by atoms with van der Waals surface area (Å²) in [5, 5.41) is 6.83. The molecule has 7 nitrogen and oxygen atoms in total. The Hall–Kier alpha value is -6.57. The molecule has 6 aromatic carbocycles. The van der Waals surface area contributed by atoms with E-state index >= 15 is 0 Å². The fourth-order valence-electron chi connectivity index (χ4n) is 7.44. The van der Waals surface area contributed by atoms with Crippen molar-refractivity contribution in [2.75, 3.05) is 6.61 Å². The van der Waals surface area contributed by atoms with E-state index in [2.05, 4.69) is 148 Å². The van der Waals surface area contributed by atoms with Gasteiger partial charge in [-0.05, 0) is 59.0 Å². The van der Waals surface area contributed by atoms with Crippen molar-refractivity contribution in [3.05, 3.63) is 186 Å². The number of hydrogen-bond acceptors (Lipinski definition) is 5. The van der Waals surface area contributed by atoms with Crippen LogP contribution in [0, 0.1) is 0 Å². The number of imidazole rings is 1. The van der Waals surface area contributed by atoms with Gasteiger partial charge in [-0.3, -0.25) is 4.98 Å². The Bertz CT molecular complexity index is 2630. The first-order chi connectivity index (χ1) is 26.6. The molecule has 0 spiro atoms. The third-order valence-corrected chi connectivity index (χ3v) is 10.0. The maximum Gasteiger partial charge on any atom is 0.159 e. The molecule has 0 saturated heterocycles. The Morgan fingerprint density at radius 1 is 0.685 bits per heavy atom. The van der Waals surface area contributed by atoms with Gasteiger partial charge in [0.1, 0.15) is 22.1 Å². The summed E-state index contributed by atoms with van der Waals surface area (Å²) in [4.78, 5) is 17.9. The van der Waals surface area contributed by atoms with E-state index in [9.17, 15) is 0 Å². The summed E-state index contributed by atoms with van der Waals surface area (Å²) in [5.41, 5.74) is 9.29. The zero-order valence-electron chi connectivity index (χ0n) is 29.5. The van der Waals surface area contributed by atoms with Gasteiger partial charge in [0.2, 0.25) is 0 Å². The second-order valence-electron chi connectivity index (χ2n) is 13.2. The lowest BCUT2D eigenvalue weighted by Gasteiger charge is -2.37. The van der Waals surface area contributed by atoms with E-state index < -0.39 is 5.54 Å². The minimum Gasteiger partial charge on any atom is -0.494 e. The van der Waals surface area contributed by atoms with Crippen LogP contribution in [0.25, 0.3) is 55.8 Å². The van der Waals surface area contributed by atoms with Gasteiger partial charge in [-0.25, -0.2) is 14.6 Å². The minimum atomic E-state index is -0.853. The van der Waals surface area contributed by atoms with Gasteiger partial charge in [0.15, 0.2) is 5.82 Å². The zero-order chi connectivity index (χ0) is 36.5. The van der Waals surface area contributed by atoms with Gasteiger partial charge in [0.25, 0.3) is 0 Å². The van der Waals surface area contributed by atoms with Gasteiger partial charge in [-0.1, -0.05) is 140 Å². The average Bonchev–Trinajstić information content (AvgIpc) is 3.84. The molecule has 0 radical (unpaired) electrons. The molecule has 0 aliphatic heterocycles. The molecular weight excluding hydrogens is 688 g/mol. The predicted molar refractivity (Wildman–Crippen MR) is 217 cm³/mol. The monoisotopic (exact) mass is 722 g/mol. The number of aromatic amines is 1. The number of para-hydroxylation sites is 1. The maximum absolute atomic E-state index is 6.34. The summed E-state index contributed by atoms with van der Waals surface area (Å²) < 4.78 is 8.15. The van der Waals surface area contributed by atoms with E-state index in [-0.39, 0.29) is 0 Å². The molecule has 1 N–H and O–H groups in total. The van der Waals surface area contributed by atoms with E-state index in [1.54, 1.807) is 12.4 Å². The minimum absolute atomic E-state index is 0.328. The maximum atomic E-state index is 6.34. The van der Waals surface area contributed by atoms with Crippen molar-refractivity contribution in [2.45, 2.75) is 18.9 Å². The number of nitrogens with one attached hydrogen (secondary N) is 1. The molecule has 3 aromatic heterocycles. The standard InChI is InChI=1S/C46H35ClN6O/c1-2-26-54-36-21-12-14-31(27-36)37-22-13-23-39-43(37)51-45(50-39)44-38-28-32(40-29-48-30-42(47)49-40)24-25-41(38)53(52-44)46(33-15-6-3-7-16-33,34-17-8-4-9-18-34)35-19-10-5-11-20-35/h3-25,27-30H,2,26H2,1H3,(H,50,51). The molecule has 0 amide bonds. The summed E-state index contributed by atoms with van der Waals surface area (Å²) in [7, 11) is 0. The second-order valence-corrected chi connectivity index (χ2v) is 13.6. The number of halogens is 1. The summed E-state index contributed by atoms with van der Waals surface area (Å²) in [6.45, 7) is 2.77. The highest BCUT2D eigenvalue weighted by molar-refractivity contribution is 6.29. The number of ether oxygens (including phenoxy) is 1. The van der Waals surface area contributed by atoms with Gasteiger partial charge in [-0.15, -0.1) is 0 Å². The van der Waals surface area contributed by atoms with Gasteiger partial charge in [0.05, 0.1) is 41.2 Å². The molecule has 0 unspecified atom stereocenters. The van der Waals surface area contributed by atoms with Crippen LogP contribution >= 0.6 is 11.6 Å². The SMILES string of the molecule is CCCOc1cccc(-c2cccc3[nH]c(-c4nn(C(c5ccccc5)(c5ccccc5)c5ccccc5)c5ccc(-c6cncc(Cl)n6)cc45)nc23)c1. The van der Waals surface area contributed by atoms with Crippen LogP contribution in [0.5, 0.6) is 5.75 Å². The van der Waals surface area contributed by atoms with Crippen LogP contribution in [-0.4, -0.2) is 36.3 Å². The predicted octanol–water partition coefficient (Wildman–Crippen LogP) is 11.0. The van der Waals surface area contributed by atoms with Crippen LogP contribution in [0.1, 0.15) is 30.0 Å². The van der Waals surface area contributed by atoms with Crippen LogP contribution in [-0.2, 0) is 5.54 Å². The number of H-pyrrole nitrogens is 1. The van der Waals surface area contributed by atoms with E-state index in [1.165, 1.54) is 0 Å². The van der Waals surface area contributed by atoms with E-state index in [4.69, 9.17) is 26.4 Å². The third-order valence-electron chi connectivity index (χ3n) is 9.83. The highest BCUT2D eigenvalue weighted by atomic mass is 35.5. The van der Waals surface area contributed by atoms with Gasteiger partial charge >= 0.3 is 0 Å². The number of aromatic nitrogens is 6. The average molecular weight is 723 g/mol. The summed E-state index contributed by atoms with van der Waals surface area (Å²) in [5.74, 6) is 1.49. The van der Waals surface area contributed by atoms with Crippen molar-refractivity contribution in [2.24, 2.45) is 0 Å². The Balaban J connectivity index is 1.34. The quantitative estimate of drug-likeness (QED) is 0.142. The molecule has 0 fully saturated rings. The molecule has 3 heterocycles. The lowest BCUT2D eigenvalue weighted by atomic mass is 9.77. The second kappa shape index (κ2) is 14.1. The van der Waals surface area contributed by atoms with Crippen LogP contribution in [0.2, 0.25) is 5.15 Å². The van der Waals surface area contributed by atoms with Gasteiger partial charge < -0.3 is 9.72 Å². The molecule has 0 saturated carbocycles. The molecule has 9 aromatic rings. The van der Waals surface area contributed by atoms with Crippen LogP contribution < -0.4 is 4.74 Å². The largest absolute Gasteiger partial charge is 0.494 e. The lowest BCUT2D eigenvalue weighted by molar-refractivity contribution is 0.317. The molecule has 262 valence electrons. The Morgan fingerprint density at radius 3 is 2.04 bits per heavy atom. The molecule has 0 bridgehead atoms. The summed E-state index contributed by atoms with van der Waals surface area (Å²) in [6.07, 6.45) is 4.21. The van der Waals surface area contributed by atoms with Crippen molar-refractivity contribution in [3.8, 4) is 39.7 Å². The Morgan fingerprint density at radius 2 is 1.37 bits per heavy atom. The van der Waals surface area contributed by atoms with Crippen LogP contribution in [0.15, 0.2) is 164 Å². The Kier molecular flexibility index (Phi) is 8.69. The molecule has 0 atom stereocenters. The van der Waals surface area contributed by atoms with Crippen molar-refractivity contribution in [3.63, 3.8) is 0 Å². The normalized spacial score (nSPS) is 11.7. The molecule has 54 heavy (non-hydrogen) atoms. The molecule has 0 aliphatic carbocycles. The molecule has 8 heteroatoms. The third kappa shape index (κ3) is 5.79. The first kappa shape index (κ1) is 33.3. The van der Waals surface area contributed by atoms with E-state index in [1.807, 2.05) is 30.3 Å². The number of fused-ring (bicyclic) bond motifs is 2. The fourth-order valence-corrected chi connectivity index (χ4v) is 7.59. The number of benzene rings is 6. The van der Waals surface area contributed by atoms with Crippen LogP contribution in [0.4, 0.5) is 0 Å². The zero-order valence-corrected chi connectivity index (χ0v) is 30.3. The van der Waals surface area contributed by atoms with Crippen molar-refractivity contribution in [1.29, 1.82) is 0 Å². The van der Waals surface area contributed by atoms with Crippen LogP contribution in [0.3, 0.4) is 0 Å². The first-order valence-corrected chi connectivity index (χ1v) is 18.4. The van der Waals surface area contributed by atoms with Gasteiger partial charge in [0, 0.05) is 16.5 Å². The van der Waals surface area contributed by atoms with E-state index in [0.717, 1.165) is 67.5 Å². The molecule has 9 rings (SSSR count). The lowest BCUT2D eigenvalue weighted by Crippen LogP contribution is -2.38. The van der Waals surface area contributed by atoms with Crippen molar-refractivity contribution >= 4 is 33.5 Å². The number of hydrogen-bond donors (Lipinski definition) is 1. The topological polar surface area (TPSA) is 81.5 Å². The smallest absolute Gasteiger partial charge is 0.159 e. The number of rotatable bonds is 10. The van der Waals surface area contributed by atoms with E-state index in [0.29, 0.717) is 29.0 Å².